The van der Waals surface area contributed by atoms with E-state index in [-0.39, 0.29) is 23.1 Å². The van der Waals surface area contributed by atoms with Gasteiger partial charge in [0.1, 0.15) is 23.8 Å². The van der Waals surface area contributed by atoms with Gasteiger partial charge in [0.05, 0.1) is 12.8 Å². The van der Waals surface area contributed by atoms with E-state index in [0.717, 1.165) is 0 Å². The predicted molar refractivity (Wildman–Crippen MR) is 72.3 cm³/mol. The Kier molecular flexibility index (Phi) is 2.88. The minimum Gasteiger partial charge on any atom is -0.479 e. The zero-order valence-electron chi connectivity index (χ0n) is 10.9. The van der Waals surface area contributed by atoms with Crippen molar-refractivity contribution in [3.05, 3.63) is 35.9 Å². The van der Waals surface area contributed by atoms with Crippen LogP contribution in [0.2, 0.25) is 0 Å². The van der Waals surface area contributed by atoms with Crippen molar-refractivity contribution in [3.8, 4) is 17.6 Å². The molecular weight excluding hydrogens is 275 g/mol. The maximum absolute atomic E-state index is 13.8. The number of rotatable bonds is 2. The van der Waals surface area contributed by atoms with Crippen molar-refractivity contribution in [2.75, 3.05) is 12.8 Å². The van der Waals surface area contributed by atoms with Crippen LogP contribution in [0.1, 0.15) is 5.56 Å². The molecule has 104 valence electrons. The number of anilines is 1. The molecule has 7 nitrogen and oxygen atoms in total. The summed E-state index contributed by atoms with van der Waals surface area (Å²) in [5, 5.41) is 9.14. The number of halogens is 1. The Balaban J connectivity index is 2.40. The van der Waals surface area contributed by atoms with Crippen molar-refractivity contribution in [3.63, 3.8) is 0 Å². The smallest absolute Gasteiger partial charge is 0.245 e. The number of imidazole rings is 1. The highest BCUT2D eigenvalue weighted by atomic mass is 19.1. The second-order valence-electron chi connectivity index (χ2n) is 4.11. The molecule has 2 N–H and O–H groups in total. The Morgan fingerprint density at radius 3 is 2.90 bits per heavy atom. The lowest BCUT2D eigenvalue weighted by Crippen LogP contribution is -2.05. The number of fused-ring (bicyclic) bond motifs is 1. The van der Waals surface area contributed by atoms with Crippen LogP contribution in [0.3, 0.4) is 0 Å². The molecule has 0 radical (unpaired) electrons. The van der Waals surface area contributed by atoms with Gasteiger partial charge in [0.15, 0.2) is 11.2 Å². The molecule has 0 unspecified atom stereocenters. The summed E-state index contributed by atoms with van der Waals surface area (Å²) < 4.78 is 20.2. The molecule has 1 aromatic carbocycles. The Bertz CT molecular complexity index is 882. The summed E-state index contributed by atoms with van der Waals surface area (Å²) in [5.74, 6) is -0.330. The fourth-order valence-corrected chi connectivity index (χ4v) is 2.09. The zero-order chi connectivity index (χ0) is 15.0. The third-order valence-electron chi connectivity index (χ3n) is 2.97. The Morgan fingerprint density at radius 1 is 1.38 bits per heavy atom. The molecule has 0 bridgehead atoms. The lowest BCUT2D eigenvalue weighted by Gasteiger charge is -2.08. The number of nitrogens with zero attached hydrogens (tertiary/aromatic N) is 5. The van der Waals surface area contributed by atoms with Gasteiger partial charge < -0.3 is 10.5 Å². The summed E-state index contributed by atoms with van der Waals surface area (Å²) in [6.45, 7) is 0. The van der Waals surface area contributed by atoms with Crippen LogP contribution in [-0.4, -0.2) is 26.6 Å². The first-order valence-electron chi connectivity index (χ1n) is 5.89. The fraction of sp³-hybridized carbons (Fsp3) is 0.0769. The van der Waals surface area contributed by atoms with Crippen molar-refractivity contribution in [1.29, 1.82) is 5.26 Å². The van der Waals surface area contributed by atoms with Crippen molar-refractivity contribution in [2.45, 2.75) is 0 Å². The van der Waals surface area contributed by atoms with Crippen molar-refractivity contribution < 1.29 is 9.13 Å². The average Bonchev–Trinajstić information content (AvgIpc) is 2.82. The summed E-state index contributed by atoms with van der Waals surface area (Å²) >= 11 is 0. The topological polar surface area (TPSA) is 103 Å². The van der Waals surface area contributed by atoms with Gasteiger partial charge >= 0.3 is 0 Å². The van der Waals surface area contributed by atoms with E-state index in [1.807, 2.05) is 6.07 Å². The van der Waals surface area contributed by atoms with E-state index in [4.69, 9.17) is 15.7 Å². The molecule has 0 aliphatic rings. The van der Waals surface area contributed by atoms with Crippen LogP contribution >= 0.6 is 0 Å². The van der Waals surface area contributed by atoms with Crippen LogP contribution in [-0.2, 0) is 0 Å². The normalized spacial score (nSPS) is 10.5. The second-order valence-corrected chi connectivity index (χ2v) is 4.11. The van der Waals surface area contributed by atoms with Crippen LogP contribution in [0.15, 0.2) is 24.5 Å². The summed E-state index contributed by atoms with van der Waals surface area (Å²) in [6, 6.07) is 6.06. The Morgan fingerprint density at radius 2 is 2.19 bits per heavy atom. The molecule has 0 aliphatic heterocycles. The molecule has 8 heteroatoms. The van der Waals surface area contributed by atoms with Crippen molar-refractivity contribution >= 4 is 17.1 Å². The largest absolute Gasteiger partial charge is 0.479 e. The van der Waals surface area contributed by atoms with E-state index < -0.39 is 5.82 Å². The van der Waals surface area contributed by atoms with Crippen LogP contribution in [0.4, 0.5) is 10.3 Å². The van der Waals surface area contributed by atoms with E-state index in [9.17, 15) is 4.39 Å². The third kappa shape index (κ3) is 1.83. The summed E-state index contributed by atoms with van der Waals surface area (Å²) in [5.41, 5.74) is 6.68. The van der Waals surface area contributed by atoms with Gasteiger partial charge in [0.2, 0.25) is 11.8 Å². The van der Waals surface area contributed by atoms with Gasteiger partial charge in [0, 0.05) is 0 Å². The summed E-state index contributed by atoms with van der Waals surface area (Å²) in [7, 11) is 1.44. The lowest BCUT2D eigenvalue weighted by molar-refractivity contribution is 0.401. The predicted octanol–water partition coefficient (Wildman–Crippen LogP) is 1.42. The molecule has 21 heavy (non-hydrogen) atoms. The van der Waals surface area contributed by atoms with E-state index in [1.54, 1.807) is 6.07 Å². The van der Waals surface area contributed by atoms with Crippen molar-refractivity contribution in [1.82, 2.24) is 19.5 Å². The molecule has 0 saturated carbocycles. The van der Waals surface area contributed by atoms with Gasteiger partial charge in [0.25, 0.3) is 0 Å². The van der Waals surface area contributed by atoms with Gasteiger partial charge in [-0.2, -0.15) is 10.2 Å². The number of methoxy groups -OCH3 is 1. The van der Waals surface area contributed by atoms with E-state index in [1.165, 1.54) is 30.1 Å². The monoisotopic (exact) mass is 284 g/mol. The molecule has 0 fully saturated rings. The van der Waals surface area contributed by atoms with Gasteiger partial charge in [-0.3, -0.25) is 4.57 Å². The molecule has 2 heterocycles. The maximum atomic E-state index is 13.8. The highest BCUT2D eigenvalue weighted by Gasteiger charge is 2.19. The fourth-order valence-electron chi connectivity index (χ4n) is 2.09. The summed E-state index contributed by atoms with van der Waals surface area (Å²) in [4.78, 5) is 12.1. The first-order chi connectivity index (χ1) is 10.2. The maximum Gasteiger partial charge on any atom is 0.245 e. The Labute approximate surface area is 118 Å². The van der Waals surface area contributed by atoms with Gasteiger partial charge in [-0.25, -0.2) is 14.4 Å². The lowest BCUT2D eigenvalue weighted by atomic mass is 10.2. The van der Waals surface area contributed by atoms with Crippen LogP contribution in [0, 0.1) is 17.1 Å². The number of hydrogen-bond acceptors (Lipinski definition) is 6. The molecule has 0 aliphatic carbocycles. The molecule has 0 saturated heterocycles. The van der Waals surface area contributed by atoms with Gasteiger partial charge in [-0.05, 0) is 12.1 Å². The zero-order valence-corrected chi connectivity index (χ0v) is 10.9. The first kappa shape index (κ1) is 12.8. The number of nitrogens with two attached hydrogens (primary N) is 1. The number of benzene rings is 1. The number of ether oxygens (including phenoxy) is 1. The van der Waals surface area contributed by atoms with E-state index in [2.05, 4.69) is 15.0 Å². The average molecular weight is 284 g/mol. The molecule has 0 amide bonds. The van der Waals surface area contributed by atoms with Gasteiger partial charge in [-0.1, -0.05) is 6.07 Å². The number of nitrogen functional groups attached to an aromatic ring is 1. The van der Waals surface area contributed by atoms with E-state index in [0.29, 0.717) is 11.2 Å². The second kappa shape index (κ2) is 4.72. The standard InChI is InChI=1S/C13H9FN6O/c1-21-12-10-11(17-6-18-12)20(13(16)19-10)9-4-2-3-8(14)7(9)5-15/h2-4,6H,1H3,(H2,16,19). The molecule has 3 rings (SSSR count). The molecule has 3 aromatic rings. The summed E-state index contributed by atoms with van der Waals surface area (Å²) in [6.07, 6.45) is 1.28. The molecular formula is C13H9FN6O. The number of hydrogen-bond donors (Lipinski definition) is 1. The molecule has 0 atom stereocenters. The number of nitriles is 1. The minimum absolute atomic E-state index is 0.0610. The first-order valence-corrected chi connectivity index (χ1v) is 5.89. The third-order valence-corrected chi connectivity index (χ3v) is 2.97. The molecule has 0 spiro atoms. The minimum atomic E-state index is -0.641. The quantitative estimate of drug-likeness (QED) is 0.763. The SMILES string of the molecule is COc1ncnc2c1nc(N)n2-c1cccc(F)c1C#N. The highest BCUT2D eigenvalue weighted by Crippen LogP contribution is 2.28. The van der Waals surface area contributed by atoms with Crippen molar-refractivity contribution in [2.24, 2.45) is 0 Å². The van der Waals surface area contributed by atoms with Crippen LogP contribution in [0.25, 0.3) is 16.9 Å². The highest BCUT2D eigenvalue weighted by molar-refractivity contribution is 5.81. The Hall–Kier alpha value is -3.21. The van der Waals surface area contributed by atoms with Gasteiger partial charge in [-0.15, -0.1) is 0 Å². The van der Waals surface area contributed by atoms with E-state index >= 15 is 0 Å². The number of aromatic nitrogens is 4. The van der Waals surface area contributed by atoms with Crippen LogP contribution < -0.4 is 10.5 Å². The van der Waals surface area contributed by atoms with Crippen LogP contribution in [0.5, 0.6) is 5.88 Å². The molecule has 2 aromatic heterocycles.